The molecule has 1 aromatic carbocycles. The van der Waals surface area contributed by atoms with Crippen LogP contribution in [0.1, 0.15) is 30.6 Å². The number of halogens is 1. The van der Waals surface area contributed by atoms with Crippen LogP contribution in [0.2, 0.25) is 0 Å². The van der Waals surface area contributed by atoms with E-state index in [0.29, 0.717) is 6.07 Å². The van der Waals surface area contributed by atoms with E-state index >= 15 is 0 Å². The SMILES string of the molecule is CC(C)C(CC(=O)O)NC(=O)c1ccc([N+](=O)[O-])cc1F. The number of aliphatic carboxylic acids is 1. The zero-order chi connectivity index (χ0) is 16.2. The first kappa shape index (κ1) is 16.5. The molecule has 0 aromatic heterocycles. The third kappa shape index (κ3) is 4.51. The van der Waals surface area contributed by atoms with Crippen LogP contribution in [-0.4, -0.2) is 27.9 Å². The number of nitrogens with one attached hydrogen (secondary N) is 1. The lowest BCUT2D eigenvalue weighted by molar-refractivity contribution is -0.385. The van der Waals surface area contributed by atoms with Gasteiger partial charge in [0, 0.05) is 12.1 Å². The van der Waals surface area contributed by atoms with Crippen LogP contribution in [0.3, 0.4) is 0 Å². The van der Waals surface area contributed by atoms with Crippen molar-refractivity contribution in [3.63, 3.8) is 0 Å². The topological polar surface area (TPSA) is 110 Å². The molecule has 0 saturated heterocycles. The Balaban J connectivity index is 2.92. The summed E-state index contributed by atoms with van der Waals surface area (Å²) in [5.41, 5.74) is -0.827. The van der Waals surface area contributed by atoms with E-state index in [1.807, 2.05) is 0 Å². The zero-order valence-electron chi connectivity index (χ0n) is 11.5. The van der Waals surface area contributed by atoms with Crippen molar-refractivity contribution in [3.05, 3.63) is 39.7 Å². The molecule has 7 nitrogen and oxygen atoms in total. The second-order valence-electron chi connectivity index (χ2n) is 4.84. The first-order chi connectivity index (χ1) is 9.72. The molecular formula is C13H15FN2O5. The van der Waals surface area contributed by atoms with Gasteiger partial charge in [0.25, 0.3) is 11.6 Å². The monoisotopic (exact) mass is 298 g/mol. The Morgan fingerprint density at radius 2 is 2.05 bits per heavy atom. The molecule has 2 N–H and O–H groups in total. The van der Waals surface area contributed by atoms with Gasteiger partial charge in [-0.25, -0.2) is 4.39 Å². The number of carbonyl (C=O) groups is 2. The van der Waals surface area contributed by atoms with E-state index in [1.165, 1.54) is 0 Å². The normalized spacial score (nSPS) is 12.0. The first-order valence-electron chi connectivity index (χ1n) is 6.19. The maximum absolute atomic E-state index is 13.7. The molecule has 1 rings (SSSR count). The predicted molar refractivity (Wildman–Crippen MR) is 71.4 cm³/mol. The van der Waals surface area contributed by atoms with Crippen molar-refractivity contribution in [1.29, 1.82) is 0 Å². The van der Waals surface area contributed by atoms with Gasteiger partial charge in [-0.05, 0) is 12.0 Å². The van der Waals surface area contributed by atoms with Gasteiger partial charge in [-0.1, -0.05) is 13.8 Å². The van der Waals surface area contributed by atoms with Crippen molar-refractivity contribution in [2.24, 2.45) is 5.92 Å². The Labute approximate surface area is 119 Å². The average molecular weight is 298 g/mol. The average Bonchev–Trinajstić information content (AvgIpc) is 2.36. The summed E-state index contributed by atoms with van der Waals surface area (Å²) in [6.45, 7) is 3.44. The van der Waals surface area contributed by atoms with Crippen LogP contribution in [0.25, 0.3) is 0 Å². The number of hydrogen-bond acceptors (Lipinski definition) is 4. The molecule has 8 heteroatoms. The van der Waals surface area contributed by atoms with Crippen LogP contribution in [0.5, 0.6) is 0 Å². The lowest BCUT2D eigenvalue weighted by Crippen LogP contribution is -2.40. The summed E-state index contributed by atoms with van der Waals surface area (Å²) in [5, 5.41) is 21.7. The number of non-ortho nitro benzene ring substituents is 1. The summed E-state index contributed by atoms with van der Waals surface area (Å²) in [6, 6.07) is 2.00. The van der Waals surface area contributed by atoms with Crippen molar-refractivity contribution in [2.75, 3.05) is 0 Å². The smallest absolute Gasteiger partial charge is 0.305 e. The van der Waals surface area contributed by atoms with Crippen molar-refractivity contribution in [2.45, 2.75) is 26.3 Å². The van der Waals surface area contributed by atoms with Crippen molar-refractivity contribution < 1.29 is 24.0 Å². The van der Waals surface area contributed by atoms with Gasteiger partial charge in [-0.3, -0.25) is 19.7 Å². The lowest BCUT2D eigenvalue weighted by atomic mass is 10.0. The number of rotatable bonds is 6. The maximum atomic E-state index is 13.7. The van der Waals surface area contributed by atoms with Gasteiger partial charge in [0.05, 0.1) is 23.0 Å². The van der Waals surface area contributed by atoms with E-state index in [-0.39, 0.29) is 17.9 Å². The van der Waals surface area contributed by atoms with Gasteiger partial charge in [0.2, 0.25) is 0 Å². The highest BCUT2D eigenvalue weighted by Crippen LogP contribution is 2.17. The molecule has 1 unspecified atom stereocenters. The van der Waals surface area contributed by atoms with Gasteiger partial charge in [-0.15, -0.1) is 0 Å². The standard InChI is InChI=1S/C13H15FN2O5/c1-7(2)11(6-12(17)18)15-13(19)9-4-3-8(16(20)21)5-10(9)14/h3-5,7,11H,6H2,1-2H3,(H,15,19)(H,17,18). The number of nitrogens with zero attached hydrogens (tertiary/aromatic N) is 1. The Bertz CT molecular complexity index is 574. The highest BCUT2D eigenvalue weighted by Gasteiger charge is 2.22. The quantitative estimate of drug-likeness (QED) is 0.616. The number of benzene rings is 1. The minimum atomic E-state index is -1.09. The molecule has 0 heterocycles. The van der Waals surface area contributed by atoms with Gasteiger partial charge in [0.15, 0.2) is 0 Å². The van der Waals surface area contributed by atoms with E-state index in [9.17, 15) is 24.1 Å². The molecule has 0 aliphatic heterocycles. The highest BCUT2D eigenvalue weighted by atomic mass is 19.1. The number of hydrogen-bond donors (Lipinski definition) is 2. The van der Waals surface area contributed by atoms with Gasteiger partial charge >= 0.3 is 5.97 Å². The van der Waals surface area contributed by atoms with E-state index < -0.39 is 34.3 Å². The van der Waals surface area contributed by atoms with Crippen molar-refractivity contribution in [3.8, 4) is 0 Å². The fourth-order valence-corrected chi connectivity index (χ4v) is 1.69. The Morgan fingerprint density at radius 1 is 1.43 bits per heavy atom. The molecule has 114 valence electrons. The van der Waals surface area contributed by atoms with Crippen molar-refractivity contribution in [1.82, 2.24) is 5.32 Å². The molecule has 0 bridgehead atoms. The summed E-state index contributed by atoms with van der Waals surface area (Å²) >= 11 is 0. The number of nitro benzene ring substituents is 1. The third-order valence-electron chi connectivity index (χ3n) is 2.92. The molecular weight excluding hydrogens is 283 g/mol. The van der Waals surface area contributed by atoms with Gasteiger partial charge in [-0.2, -0.15) is 0 Å². The fraction of sp³-hybridized carbons (Fsp3) is 0.385. The summed E-state index contributed by atoms with van der Waals surface area (Å²) in [7, 11) is 0. The fourth-order valence-electron chi connectivity index (χ4n) is 1.69. The Kier molecular flexibility index (Phi) is 5.34. The molecule has 0 aliphatic rings. The van der Waals surface area contributed by atoms with Crippen LogP contribution in [0, 0.1) is 21.8 Å². The minimum Gasteiger partial charge on any atom is -0.481 e. The van der Waals surface area contributed by atoms with Crippen LogP contribution in [-0.2, 0) is 4.79 Å². The maximum Gasteiger partial charge on any atom is 0.305 e. The van der Waals surface area contributed by atoms with E-state index in [1.54, 1.807) is 13.8 Å². The zero-order valence-corrected chi connectivity index (χ0v) is 11.5. The molecule has 21 heavy (non-hydrogen) atoms. The Hall–Kier alpha value is -2.51. The molecule has 0 saturated carbocycles. The number of amides is 1. The lowest BCUT2D eigenvalue weighted by Gasteiger charge is -2.20. The van der Waals surface area contributed by atoms with E-state index in [4.69, 9.17) is 5.11 Å². The van der Waals surface area contributed by atoms with Gasteiger partial charge < -0.3 is 10.4 Å². The first-order valence-corrected chi connectivity index (χ1v) is 6.19. The summed E-state index contributed by atoms with van der Waals surface area (Å²) < 4.78 is 13.7. The number of carboxylic acid groups (broad SMARTS) is 1. The van der Waals surface area contributed by atoms with E-state index in [2.05, 4.69) is 5.32 Å². The number of carbonyl (C=O) groups excluding carboxylic acids is 1. The summed E-state index contributed by atoms with van der Waals surface area (Å²) in [5.74, 6) is -3.08. The molecule has 1 aromatic rings. The molecule has 0 fully saturated rings. The van der Waals surface area contributed by atoms with Crippen LogP contribution >= 0.6 is 0 Å². The molecule has 1 atom stereocenters. The Morgan fingerprint density at radius 3 is 2.48 bits per heavy atom. The molecule has 0 spiro atoms. The van der Waals surface area contributed by atoms with Crippen molar-refractivity contribution >= 4 is 17.6 Å². The molecule has 1 amide bonds. The number of nitro groups is 1. The van der Waals surface area contributed by atoms with E-state index in [0.717, 1.165) is 12.1 Å². The predicted octanol–water partition coefficient (Wildman–Crippen LogP) is 1.96. The summed E-state index contributed by atoms with van der Waals surface area (Å²) in [4.78, 5) is 32.4. The third-order valence-corrected chi connectivity index (χ3v) is 2.92. The second kappa shape index (κ2) is 6.78. The number of carboxylic acids is 1. The highest BCUT2D eigenvalue weighted by molar-refractivity contribution is 5.95. The summed E-state index contributed by atoms with van der Waals surface area (Å²) in [6.07, 6.45) is -0.294. The van der Waals surface area contributed by atoms with Crippen LogP contribution in [0.4, 0.5) is 10.1 Å². The molecule has 0 aliphatic carbocycles. The van der Waals surface area contributed by atoms with Crippen LogP contribution in [0.15, 0.2) is 18.2 Å². The van der Waals surface area contributed by atoms with Crippen LogP contribution < -0.4 is 5.32 Å². The molecule has 0 radical (unpaired) electrons. The largest absolute Gasteiger partial charge is 0.481 e. The van der Waals surface area contributed by atoms with Gasteiger partial charge in [0.1, 0.15) is 5.82 Å². The minimum absolute atomic E-state index is 0.161. The second-order valence-corrected chi connectivity index (χ2v) is 4.84.